The lowest BCUT2D eigenvalue weighted by Crippen LogP contribution is -2.24. The minimum Gasteiger partial charge on any atom is -0.496 e. The van der Waals surface area contributed by atoms with E-state index in [1.807, 2.05) is 43.5 Å². The van der Waals surface area contributed by atoms with Gasteiger partial charge in [0.2, 0.25) is 0 Å². The molecule has 0 unspecified atom stereocenters. The van der Waals surface area contributed by atoms with Crippen LogP contribution in [-0.4, -0.2) is 22.8 Å². The van der Waals surface area contributed by atoms with E-state index >= 15 is 0 Å². The van der Waals surface area contributed by atoms with Crippen molar-refractivity contribution in [2.45, 2.75) is 13.5 Å². The summed E-state index contributed by atoms with van der Waals surface area (Å²) >= 11 is 5.92. The van der Waals surface area contributed by atoms with Crippen molar-refractivity contribution in [2.75, 3.05) is 12.0 Å². The predicted octanol–water partition coefficient (Wildman–Crippen LogP) is 4.00. The van der Waals surface area contributed by atoms with Gasteiger partial charge in [0.1, 0.15) is 5.75 Å². The highest BCUT2D eigenvalue weighted by Crippen LogP contribution is 2.31. The topological polar surface area (TPSA) is 47.4 Å². The maximum absolute atomic E-state index is 12.8. The Morgan fingerprint density at radius 1 is 1.12 bits per heavy atom. The van der Waals surface area contributed by atoms with Crippen LogP contribution in [0.5, 0.6) is 5.75 Å². The number of carbonyl (C=O) groups is 1. The van der Waals surface area contributed by atoms with Crippen LogP contribution in [0.15, 0.2) is 48.7 Å². The second kappa shape index (κ2) is 5.93. The summed E-state index contributed by atoms with van der Waals surface area (Å²) in [5.41, 5.74) is 4.09. The molecule has 3 aromatic rings. The average Bonchev–Trinajstić information content (AvgIpc) is 3.16. The van der Waals surface area contributed by atoms with Crippen LogP contribution in [0.3, 0.4) is 0 Å². The van der Waals surface area contributed by atoms with E-state index in [-0.39, 0.29) is 5.91 Å². The average molecular weight is 354 g/mol. The number of nitrogens with zero attached hydrogens (tertiary/aromatic N) is 3. The Morgan fingerprint density at radius 3 is 2.52 bits per heavy atom. The molecule has 0 bridgehead atoms. The third kappa shape index (κ3) is 2.66. The first-order valence-electron chi connectivity index (χ1n) is 7.88. The number of anilines is 1. The maximum atomic E-state index is 12.8. The van der Waals surface area contributed by atoms with Gasteiger partial charge in [-0.25, -0.2) is 4.68 Å². The fourth-order valence-corrected chi connectivity index (χ4v) is 3.11. The summed E-state index contributed by atoms with van der Waals surface area (Å²) < 4.78 is 7.07. The van der Waals surface area contributed by atoms with Gasteiger partial charge in [-0.1, -0.05) is 17.7 Å². The van der Waals surface area contributed by atoms with Gasteiger partial charge >= 0.3 is 0 Å². The summed E-state index contributed by atoms with van der Waals surface area (Å²) in [6.07, 6.45) is 1.89. The van der Waals surface area contributed by atoms with E-state index in [2.05, 4.69) is 5.10 Å². The van der Waals surface area contributed by atoms with Gasteiger partial charge in [0.25, 0.3) is 5.91 Å². The molecular weight excluding hydrogens is 338 g/mol. The van der Waals surface area contributed by atoms with E-state index in [4.69, 9.17) is 16.3 Å². The molecule has 1 amide bonds. The molecule has 2 aromatic carbocycles. The molecule has 2 heterocycles. The standard InChI is InChI=1S/C19H16ClN3O2/c1-12-3-6-16(9-17(12)25-2)22-10-13-11-23(21-18(13)19(22)24)15-7-4-14(20)5-8-15/h3-9,11H,10H2,1-2H3. The van der Waals surface area contributed by atoms with Gasteiger partial charge in [-0.2, -0.15) is 5.10 Å². The lowest BCUT2D eigenvalue weighted by Gasteiger charge is -2.17. The number of carbonyl (C=O) groups excluding carboxylic acids is 1. The summed E-state index contributed by atoms with van der Waals surface area (Å²) in [5.74, 6) is 0.662. The van der Waals surface area contributed by atoms with Crippen LogP contribution in [0.1, 0.15) is 21.6 Å². The first kappa shape index (κ1) is 15.7. The fourth-order valence-electron chi connectivity index (χ4n) is 2.99. The molecule has 4 rings (SSSR count). The lowest BCUT2D eigenvalue weighted by atomic mass is 10.2. The molecule has 1 aliphatic rings. The first-order chi connectivity index (χ1) is 12.1. The van der Waals surface area contributed by atoms with Crippen LogP contribution >= 0.6 is 11.6 Å². The number of halogens is 1. The van der Waals surface area contributed by atoms with Crippen molar-refractivity contribution in [3.05, 3.63) is 70.5 Å². The lowest BCUT2D eigenvalue weighted by molar-refractivity contribution is 0.0991. The Kier molecular flexibility index (Phi) is 3.73. The van der Waals surface area contributed by atoms with Crippen LogP contribution < -0.4 is 9.64 Å². The second-order valence-electron chi connectivity index (χ2n) is 5.97. The molecule has 25 heavy (non-hydrogen) atoms. The van der Waals surface area contributed by atoms with Crippen molar-refractivity contribution < 1.29 is 9.53 Å². The van der Waals surface area contributed by atoms with Crippen molar-refractivity contribution in [3.63, 3.8) is 0 Å². The van der Waals surface area contributed by atoms with E-state index in [1.165, 1.54) is 0 Å². The number of aromatic nitrogens is 2. The van der Waals surface area contributed by atoms with Crippen molar-refractivity contribution in [1.29, 1.82) is 0 Å². The fraction of sp³-hybridized carbons (Fsp3) is 0.158. The van der Waals surface area contributed by atoms with E-state index in [9.17, 15) is 4.79 Å². The van der Waals surface area contributed by atoms with E-state index in [0.717, 1.165) is 28.3 Å². The van der Waals surface area contributed by atoms with Crippen molar-refractivity contribution in [1.82, 2.24) is 9.78 Å². The highest BCUT2D eigenvalue weighted by atomic mass is 35.5. The summed E-state index contributed by atoms with van der Waals surface area (Å²) in [6, 6.07) is 13.1. The Balaban J connectivity index is 1.64. The molecule has 0 aliphatic carbocycles. The molecule has 0 N–H and O–H groups in total. The smallest absolute Gasteiger partial charge is 0.279 e. The third-order valence-electron chi connectivity index (χ3n) is 4.36. The predicted molar refractivity (Wildman–Crippen MR) is 96.8 cm³/mol. The highest BCUT2D eigenvalue weighted by Gasteiger charge is 2.32. The molecule has 6 heteroatoms. The van der Waals surface area contributed by atoms with Crippen LogP contribution in [0, 0.1) is 6.92 Å². The Hall–Kier alpha value is -2.79. The van der Waals surface area contributed by atoms with E-state index < -0.39 is 0 Å². The number of hydrogen-bond donors (Lipinski definition) is 0. The molecule has 0 saturated heterocycles. The molecule has 5 nitrogen and oxygen atoms in total. The third-order valence-corrected chi connectivity index (χ3v) is 4.61. The molecule has 0 fully saturated rings. The number of aryl methyl sites for hydroxylation is 1. The monoisotopic (exact) mass is 353 g/mol. The summed E-state index contributed by atoms with van der Waals surface area (Å²) in [6.45, 7) is 2.47. The molecule has 0 radical (unpaired) electrons. The van der Waals surface area contributed by atoms with Gasteiger partial charge in [-0.3, -0.25) is 4.79 Å². The van der Waals surface area contributed by atoms with Gasteiger partial charge in [0.05, 0.1) is 19.3 Å². The molecular formula is C19H16ClN3O2. The number of fused-ring (bicyclic) bond motifs is 1. The Morgan fingerprint density at radius 2 is 1.84 bits per heavy atom. The van der Waals surface area contributed by atoms with E-state index in [1.54, 1.807) is 28.8 Å². The summed E-state index contributed by atoms with van der Waals surface area (Å²) in [7, 11) is 1.63. The minimum absolute atomic E-state index is 0.103. The SMILES string of the molecule is COc1cc(N2Cc3cn(-c4ccc(Cl)cc4)nc3C2=O)ccc1C. The molecule has 126 valence electrons. The Labute approximate surface area is 150 Å². The number of rotatable bonds is 3. The maximum Gasteiger partial charge on any atom is 0.279 e. The van der Waals surface area contributed by atoms with Gasteiger partial charge in [0.15, 0.2) is 5.69 Å². The quantitative estimate of drug-likeness (QED) is 0.715. The zero-order valence-electron chi connectivity index (χ0n) is 13.9. The van der Waals surface area contributed by atoms with E-state index in [0.29, 0.717) is 17.3 Å². The molecule has 1 aromatic heterocycles. The van der Waals surface area contributed by atoms with Gasteiger partial charge < -0.3 is 9.64 Å². The van der Waals surface area contributed by atoms with Crippen LogP contribution in [0.4, 0.5) is 5.69 Å². The summed E-state index contributed by atoms with van der Waals surface area (Å²) in [5, 5.41) is 5.12. The minimum atomic E-state index is -0.103. The number of hydrogen-bond acceptors (Lipinski definition) is 3. The van der Waals surface area contributed by atoms with Crippen molar-refractivity contribution in [2.24, 2.45) is 0 Å². The molecule has 0 spiro atoms. The van der Waals surface area contributed by atoms with Crippen LogP contribution in [0.2, 0.25) is 5.02 Å². The van der Waals surface area contributed by atoms with Gasteiger partial charge in [-0.05, 0) is 42.8 Å². The zero-order valence-corrected chi connectivity index (χ0v) is 14.6. The molecule has 1 aliphatic heterocycles. The Bertz CT molecular complexity index is 963. The summed E-state index contributed by atoms with van der Waals surface area (Å²) in [4.78, 5) is 14.5. The molecule has 0 atom stereocenters. The highest BCUT2D eigenvalue weighted by molar-refractivity contribution is 6.30. The largest absolute Gasteiger partial charge is 0.496 e. The number of benzene rings is 2. The number of amides is 1. The van der Waals surface area contributed by atoms with Crippen molar-refractivity contribution >= 4 is 23.2 Å². The van der Waals surface area contributed by atoms with Crippen molar-refractivity contribution in [3.8, 4) is 11.4 Å². The number of ether oxygens (including phenoxy) is 1. The van der Waals surface area contributed by atoms with Crippen LogP contribution in [0.25, 0.3) is 5.69 Å². The molecule has 0 saturated carbocycles. The van der Waals surface area contributed by atoms with Gasteiger partial charge in [-0.15, -0.1) is 0 Å². The first-order valence-corrected chi connectivity index (χ1v) is 8.25. The van der Waals surface area contributed by atoms with Gasteiger partial charge in [0, 0.05) is 28.5 Å². The van der Waals surface area contributed by atoms with Crippen LogP contribution in [-0.2, 0) is 6.54 Å². The second-order valence-corrected chi connectivity index (χ2v) is 6.41. The normalized spacial score (nSPS) is 13.2. The number of methoxy groups -OCH3 is 1. The zero-order chi connectivity index (χ0) is 17.6.